The molecule has 0 radical (unpaired) electrons. The molecule has 0 heterocycles. The number of nitrogens with two attached hydrogens (primary N) is 1. The van der Waals surface area contributed by atoms with Gasteiger partial charge in [0.15, 0.2) is 0 Å². The van der Waals surface area contributed by atoms with Gasteiger partial charge in [0.1, 0.15) is 11.6 Å². The van der Waals surface area contributed by atoms with Gasteiger partial charge in [-0.25, -0.2) is 4.39 Å². The van der Waals surface area contributed by atoms with Gasteiger partial charge in [0.2, 0.25) is 0 Å². The highest BCUT2D eigenvalue weighted by Gasteiger charge is 2.40. The van der Waals surface area contributed by atoms with Crippen molar-refractivity contribution in [1.82, 2.24) is 0 Å². The molecule has 2 nitrogen and oxygen atoms in total. The van der Waals surface area contributed by atoms with E-state index in [1.54, 1.807) is 13.2 Å². The summed E-state index contributed by atoms with van der Waals surface area (Å²) in [6, 6.07) is 4.50. The lowest BCUT2D eigenvalue weighted by Crippen LogP contribution is -2.20. The maximum atomic E-state index is 13.4. The topological polar surface area (TPSA) is 35.2 Å². The fourth-order valence-electron chi connectivity index (χ4n) is 4.11. The molecule has 2 saturated carbocycles. The van der Waals surface area contributed by atoms with Crippen molar-refractivity contribution in [3.05, 3.63) is 29.6 Å². The second kappa shape index (κ2) is 5.12. The molecular formula is C16H22FNO. The summed E-state index contributed by atoms with van der Waals surface area (Å²) in [5.74, 6) is 2.98. The Bertz CT molecular complexity index is 462. The van der Waals surface area contributed by atoms with Crippen LogP contribution in [0.2, 0.25) is 0 Å². The van der Waals surface area contributed by atoms with Crippen molar-refractivity contribution >= 4 is 0 Å². The average molecular weight is 263 g/mol. The lowest BCUT2D eigenvalue weighted by molar-refractivity contribution is 0.293. The van der Waals surface area contributed by atoms with Crippen molar-refractivity contribution in [3.63, 3.8) is 0 Å². The fraction of sp³-hybridized carbons (Fsp3) is 0.625. The Kier molecular flexibility index (Phi) is 3.48. The summed E-state index contributed by atoms with van der Waals surface area (Å²) in [7, 11) is 1.61. The van der Waals surface area contributed by atoms with Gasteiger partial charge in [-0.2, -0.15) is 0 Å². The first-order valence-corrected chi connectivity index (χ1v) is 7.26. The molecule has 4 atom stereocenters. The molecule has 0 aromatic heterocycles. The Hall–Kier alpha value is -1.09. The van der Waals surface area contributed by atoms with Crippen molar-refractivity contribution in [2.24, 2.45) is 23.5 Å². The Labute approximate surface area is 114 Å². The highest BCUT2D eigenvalue weighted by molar-refractivity contribution is 5.36. The van der Waals surface area contributed by atoms with Crippen molar-refractivity contribution in [2.45, 2.75) is 38.1 Å². The third kappa shape index (κ3) is 2.48. The fourth-order valence-corrected chi connectivity index (χ4v) is 4.11. The molecule has 0 amide bonds. The summed E-state index contributed by atoms with van der Waals surface area (Å²) in [5, 5.41) is 0. The van der Waals surface area contributed by atoms with Crippen molar-refractivity contribution in [3.8, 4) is 5.75 Å². The monoisotopic (exact) mass is 263 g/mol. The standard InChI is InChI=1S/C16H22FNO/c1-19-16-5-4-13(17)9-14(16)15(18)8-12-7-10-2-3-11(12)6-10/h4-5,9-12,15H,2-3,6-8,18H2,1H3. The molecular weight excluding hydrogens is 241 g/mol. The predicted octanol–water partition coefficient (Wildman–Crippen LogP) is 3.66. The molecule has 2 N–H and O–H groups in total. The van der Waals surface area contributed by atoms with Crippen LogP contribution in [0.25, 0.3) is 0 Å². The number of ether oxygens (including phenoxy) is 1. The minimum atomic E-state index is -0.237. The van der Waals surface area contributed by atoms with Crippen LogP contribution in [0.5, 0.6) is 5.75 Å². The first-order valence-electron chi connectivity index (χ1n) is 7.26. The van der Waals surface area contributed by atoms with Crippen LogP contribution in [-0.2, 0) is 0 Å². The molecule has 104 valence electrons. The second-order valence-electron chi connectivity index (χ2n) is 6.16. The normalized spacial score (nSPS) is 30.6. The quantitative estimate of drug-likeness (QED) is 0.899. The maximum absolute atomic E-state index is 13.4. The summed E-state index contributed by atoms with van der Waals surface area (Å²) in [6.45, 7) is 0. The van der Waals surface area contributed by atoms with Gasteiger partial charge in [0, 0.05) is 11.6 Å². The van der Waals surface area contributed by atoms with Gasteiger partial charge in [-0.1, -0.05) is 6.42 Å². The largest absolute Gasteiger partial charge is 0.496 e. The molecule has 2 bridgehead atoms. The number of halogens is 1. The van der Waals surface area contributed by atoms with E-state index in [9.17, 15) is 4.39 Å². The van der Waals surface area contributed by atoms with Gasteiger partial charge < -0.3 is 10.5 Å². The van der Waals surface area contributed by atoms with E-state index in [0.717, 1.165) is 29.7 Å². The van der Waals surface area contributed by atoms with E-state index in [0.29, 0.717) is 5.75 Å². The summed E-state index contributed by atoms with van der Waals surface area (Å²) >= 11 is 0. The number of fused-ring (bicyclic) bond motifs is 2. The van der Waals surface area contributed by atoms with Gasteiger partial charge in [-0.15, -0.1) is 0 Å². The van der Waals surface area contributed by atoms with Crippen LogP contribution in [0.15, 0.2) is 18.2 Å². The molecule has 2 aliphatic carbocycles. The van der Waals surface area contributed by atoms with E-state index in [2.05, 4.69) is 0 Å². The van der Waals surface area contributed by atoms with E-state index < -0.39 is 0 Å². The van der Waals surface area contributed by atoms with Crippen LogP contribution in [0.3, 0.4) is 0 Å². The minimum absolute atomic E-state index is 0.116. The van der Waals surface area contributed by atoms with E-state index >= 15 is 0 Å². The summed E-state index contributed by atoms with van der Waals surface area (Å²) < 4.78 is 18.7. The lowest BCUT2D eigenvalue weighted by Gasteiger charge is -2.25. The third-order valence-corrected chi connectivity index (χ3v) is 5.03. The second-order valence-corrected chi connectivity index (χ2v) is 6.16. The Morgan fingerprint density at radius 3 is 2.84 bits per heavy atom. The molecule has 4 unspecified atom stereocenters. The van der Waals surface area contributed by atoms with Crippen molar-refractivity contribution in [2.75, 3.05) is 7.11 Å². The molecule has 0 spiro atoms. The van der Waals surface area contributed by atoms with Crippen LogP contribution in [0.4, 0.5) is 4.39 Å². The van der Waals surface area contributed by atoms with Gasteiger partial charge in [0.25, 0.3) is 0 Å². The highest BCUT2D eigenvalue weighted by Crippen LogP contribution is 2.51. The Morgan fingerprint density at radius 2 is 2.21 bits per heavy atom. The summed E-state index contributed by atoms with van der Waals surface area (Å²) in [5.41, 5.74) is 7.12. The van der Waals surface area contributed by atoms with Crippen LogP contribution >= 0.6 is 0 Å². The van der Waals surface area contributed by atoms with E-state index in [1.165, 1.54) is 37.8 Å². The van der Waals surface area contributed by atoms with Crippen LogP contribution < -0.4 is 10.5 Å². The number of rotatable bonds is 4. The number of benzene rings is 1. The van der Waals surface area contributed by atoms with Crippen molar-refractivity contribution < 1.29 is 9.13 Å². The smallest absolute Gasteiger partial charge is 0.123 e. The van der Waals surface area contributed by atoms with Crippen LogP contribution in [0, 0.1) is 23.6 Å². The molecule has 0 saturated heterocycles. The predicted molar refractivity (Wildman–Crippen MR) is 73.4 cm³/mol. The van der Waals surface area contributed by atoms with E-state index in [1.807, 2.05) is 0 Å². The summed E-state index contributed by atoms with van der Waals surface area (Å²) in [4.78, 5) is 0. The molecule has 0 aliphatic heterocycles. The first-order chi connectivity index (χ1) is 9.17. The van der Waals surface area contributed by atoms with E-state index in [-0.39, 0.29) is 11.9 Å². The van der Waals surface area contributed by atoms with Gasteiger partial charge in [-0.3, -0.25) is 0 Å². The van der Waals surface area contributed by atoms with E-state index in [4.69, 9.17) is 10.5 Å². The van der Waals surface area contributed by atoms with Gasteiger partial charge in [-0.05, 0) is 61.6 Å². The number of hydrogen-bond donors (Lipinski definition) is 1. The number of methoxy groups -OCH3 is 1. The molecule has 1 aromatic rings. The third-order valence-electron chi connectivity index (χ3n) is 5.03. The highest BCUT2D eigenvalue weighted by atomic mass is 19.1. The molecule has 1 aromatic carbocycles. The van der Waals surface area contributed by atoms with Gasteiger partial charge >= 0.3 is 0 Å². The molecule has 3 heteroatoms. The van der Waals surface area contributed by atoms with Gasteiger partial charge in [0.05, 0.1) is 7.11 Å². The molecule has 2 aliphatic rings. The minimum Gasteiger partial charge on any atom is -0.496 e. The Balaban J connectivity index is 1.73. The SMILES string of the molecule is COc1ccc(F)cc1C(N)CC1CC2CCC1C2. The zero-order chi connectivity index (χ0) is 13.4. The maximum Gasteiger partial charge on any atom is 0.123 e. The zero-order valence-electron chi connectivity index (χ0n) is 11.4. The average Bonchev–Trinajstić information content (AvgIpc) is 3.01. The summed E-state index contributed by atoms with van der Waals surface area (Å²) in [6.07, 6.45) is 6.43. The Morgan fingerprint density at radius 1 is 1.37 bits per heavy atom. The zero-order valence-corrected chi connectivity index (χ0v) is 11.4. The molecule has 19 heavy (non-hydrogen) atoms. The first kappa shape index (κ1) is 12.9. The number of hydrogen-bond acceptors (Lipinski definition) is 2. The van der Waals surface area contributed by atoms with Crippen molar-refractivity contribution in [1.29, 1.82) is 0 Å². The lowest BCUT2D eigenvalue weighted by atomic mass is 9.83. The molecule has 3 rings (SSSR count). The van der Waals surface area contributed by atoms with Crippen LogP contribution in [-0.4, -0.2) is 7.11 Å². The van der Waals surface area contributed by atoms with Crippen LogP contribution in [0.1, 0.15) is 43.7 Å². The molecule has 2 fully saturated rings.